The second kappa shape index (κ2) is 10.5. The maximum Gasteiger partial charge on any atom is 0.338 e. The summed E-state index contributed by atoms with van der Waals surface area (Å²) < 4.78 is 11.4. The summed E-state index contributed by atoms with van der Waals surface area (Å²) in [5, 5.41) is 11.8. The van der Waals surface area contributed by atoms with Gasteiger partial charge in [-0.15, -0.1) is 0 Å². The zero-order valence-electron chi connectivity index (χ0n) is 21.8. The highest BCUT2D eigenvalue weighted by Gasteiger charge is 2.57. The number of ketones is 2. The van der Waals surface area contributed by atoms with Gasteiger partial charge in [-0.1, -0.05) is 50.3 Å². The number of allylic oxidation sites excluding steroid dienone is 2. The summed E-state index contributed by atoms with van der Waals surface area (Å²) in [5.41, 5.74) is -1.83. The molecule has 0 heterocycles. The van der Waals surface area contributed by atoms with E-state index in [1.807, 2.05) is 6.92 Å². The van der Waals surface area contributed by atoms with Crippen LogP contribution in [0.5, 0.6) is 0 Å². The molecule has 7 heteroatoms. The van der Waals surface area contributed by atoms with Crippen LogP contribution in [0.4, 0.5) is 0 Å². The Morgan fingerprint density at radius 3 is 2.31 bits per heavy atom. The van der Waals surface area contributed by atoms with Crippen molar-refractivity contribution in [1.82, 2.24) is 0 Å². The van der Waals surface area contributed by atoms with Crippen LogP contribution >= 0.6 is 0 Å². The third kappa shape index (κ3) is 5.67. The molecule has 0 saturated heterocycles. The van der Waals surface area contributed by atoms with Crippen LogP contribution in [0.15, 0.2) is 54.1 Å². The van der Waals surface area contributed by atoms with E-state index < -0.39 is 52.8 Å². The number of benzene rings is 1. The lowest BCUT2D eigenvalue weighted by Gasteiger charge is -2.33. The van der Waals surface area contributed by atoms with Crippen molar-refractivity contribution in [2.75, 3.05) is 0 Å². The molecule has 194 valence electrons. The van der Waals surface area contributed by atoms with Gasteiger partial charge in [0, 0.05) is 24.7 Å². The first-order valence-electron chi connectivity index (χ1n) is 12.4. The third-order valence-electron chi connectivity index (χ3n) is 7.34. The number of Topliss-reactive ketones (excluding diaryl/α,β-unsaturated/α-hetero) is 2. The maximum atomic E-state index is 13.6. The van der Waals surface area contributed by atoms with Crippen LogP contribution in [-0.4, -0.2) is 46.4 Å². The predicted octanol–water partition coefficient (Wildman–Crippen LogP) is 4.24. The van der Waals surface area contributed by atoms with Gasteiger partial charge >= 0.3 is 11.9 Å². The van der Waals surface area contributed by atoms with Crippen molar-refractivity contribution < 1.29 is 33.8 Å². The zero-order chi connectivity index (χ0) is 26.8. The standard InChI is InChI=1S/C29H36O7/c1-17-12-13-28(5,6)24(31)15-23(35-20(4)30)18(2)14-22-25(19(3)16-29(22,34)26(17)32)36-27(33)21-10-8-7-9-11-21/h7-14,17,19,22-23,25,34H,15-16H2,1-6H3. The molecule has 0 aliphatic heterocycles. The lowest BCUT2D eigenvalue weighted by molar-refractivity contribution is -0.147. The lowest BCUT2D eigenvalue weighted by atomic mass is 9.77. The largest absolute Gasteiger partial charge is 0.458 e. The topological polar surface area (TPSA) is 107 Å². The van der Waals surface area contributed by atoms with Gasteiger partial charge in [0.1, 0.15) is 23.6 Å². The van der Waals surface area contributed by atoms with Gasteiger partial charge in [-0.2, -0.15) is 0 Å². The molecule has 0 radical (unpaired) electrons. The first-order valence-corrected chi connectivity index (χ1v) is 12.4. The predicted molar refractivity (Wildman–Crippen MR) is 134 cm³/mol. The molecule has 0 spiro atoms. The molecule has 1 aromatic carbocycles. The van der Waals surface area contributed by atoms with Gasteiger partial charge in [0.05, 0.1) is 11.5 Å². The normalized spacial score (nSPS) is 32.5. The molecule has 2 aliphatic rings. The van der Waals surface area contributed by atoms with E-state index in [2.05, 4.69) is 0 Å². The van der Waals surface area contributed by atoms with Gasteiger partial charge < -0.3 is 14.6 Å². The fraction of sp³-hybridized carbons (Fsp3) is 0.517. The molecule has 0 bridgehead atoms. The van der Waals surface area contributed by atoms with Crippen LogP contribution in [-0.2, 0) is 23.9 Å². The van der Waals surface area contributed by atoms with Crippen molar-refractivity contribution in [2.24, 2.45) is 23.2 Å². The van der Waals surface area contributed by atoms with Crippen molar-refractivity contribution in [2.45, 2.75) is 72.2 Å². The Bertz CT molecular complexity index is 1080. The minimum atomic E-state index is -1.81. The van der Waals surface area contributed by atoms with Gasteiger partial charge in [0.25, 0.3) is 0 Å². The number of ether oxygens (including phenoxy) is 2. The van der Waals surface area contributed by atoms with E-state index in [0.717, 1.165) is 0 Å². The summed E-state index contributed by atoms with van der Waals surface area (Å²) in [4.78, 5) is 51.5. The van der Waals surface area contributed by atoms with E-state index in [0.29, 0.717) is 11.1 Å². The minimum absolute atomic E-state index is 0.0588. The minimum Gasteiger partial charge on any atom is -0.458 e. The van der Waals surface area contributed by atoms with Crippen LogP contribution in [0, 0.1) is 23.2 Å². The summed E-state index contributed by atoms with van der Waals surface area (Å²) in [6, 6.07) is 8.52. The average Bonchev–Trinajstić information content (AvgIpc) is 3.05. The zero-order valence-corrected chi connectivity index (χ0v) is 21.8. The Morgan fingerprint density at radius 1 is 1.06 bits per heavy atom. The van der Waals surface area contributed by atoms with Crippen molar-refractivity contribution in [3.63, 3.8) is 0 Å². The highest BCUT2D eigenvalue weighted by molar-refractivity contribution is 5.93. The summed E-state index contributed by atoms with van der Waals surface area (Å²) >= 11 is 0. The second-order valence-corrected chi connectivity index (χ2v) is 10.7. The average molecular weight is 497 g/mol. The van der Waals surface area contributed by atoms with Crippen molar-refractivity contribution in [3.05, 3.63) is 59.7 Å². The summed E-state index contributed by atoms with van der Waals surface area (Å²) in [5.74, 6) is -3.55. The van der Waals surface area contributed by atoms with E-state index in [9.17, 15) is 24.3 Å². The van der Waals surface area contributed by atoms with Crippen molar-refractivity contribution in [3.8, 4) is 0 Å². The lowest BCUT2D eigenvalue weighted by Crippen LogP contribution is -2.47. The first kappa shape index (κ1) is 27.5. The molecular weight excluding hydrogens is 460 g/mol. The number of carbonyl (C=O) groups excluding carboxylic acids is 4. The molecule has 0 aromatic heterocycles. The van der Waals surface area contributed by atoms with Crippen LogP contribution in [0.3, 0.4) is 0 Å². The monoisotopic (exact) mass is 496 g/mol. The second-order valence-electron chi connectivity index (χ2n) is 10.7. The number of hydrogen-bond donors (Lipinski definition) is 1. The Morgan fingerprint density at radius 2 is 1.69 bits per heavy atom. The number of rotatable bonds is 3. The van der Waals surface area contributed by atoms with E-state index in [1.165, 1.54) is 6.92 Å². The Kier molecular flexibility index (Phi) is 8.04. The molecule has 7 nitrogen and oxygen atoms in total. The molecule has 1 N–H and O–H groups in total. The summed E-state index contributed by atoms with van der Waals surface area (Å²) in [6.45, 7) is 9.97. The van der Waals surface area contributed by atoms with Gasteiger partial charge in [0.15, 0.2) is 5.78 Å². The highest BCUT2D eigenvalue weighted by Crippen LogP contribution is 2.46. The van der Waals surface area contributed by atoms with Crippen LogP contribution in [0.1, 0.15) is 64.7 Å². The maximum absolute atomic E-state index is 13.6. The van der Waals surface area contributed by atoms with E-state index in [1.54, 1.807) is 76.3 Å². The number of aliphatic hydroxyl groups is 1. The molecule has 6 unspecified atom stereocenters. The van der Waals surface area contributed by atoms with Crippen LogP contribution in [0.25, 0.3) is 0 Å². The fourth-order valence-electron chi connectivity index (χ4n) is 5.10. The number of fused-ring (bicyclic) bond motifs is 1. The summed E-state index contributed by atoms with van der Waals surface area (Å²) in [6.07, 6.45) is 3.33. The SMILES string of the molecule is CC(=O)OC1CC(=O)C(C)(C)C=CC(C)C(=O)C2(O)CC(C)C(OC(=O)c3ccccc3)C2C=C1C. The number of carbonyl (C=O) groups is 4. The van der Waals surface area contributed by atoms with E-state index in [-0.39, 0.29) is 24.5 Å². The molecule has 1 aromatic rings. The Hall–Kier alpha value is -3.06. The van der Waals surface area contributed by atoms with E-state index in [4.69, 9.17) is 9.47 Å². The molecule has 2 aliphatic carbocycles. The van der Waals surface area contributed by atoms with Crippen molar-refractivity contribution in [1.29, 1.82) is 0 Å². The Balaban J connectivity index is 2.10. The summed E-state index contributed by atoms with van der Waals surface area (Å²) in [7, 11) is 0. The van der Waals surface area contributed by atoms with Gasteiger partial charge in [-0.3, -0.25) is 14.4 Å². The molecule has 3 rings (SSSR count). The molecular formula is C29H36O7. The van der Waals surface area contributed by atoms with Crippen LogP contribution < -0.4 is 0 Å². The molecule has 0 amide bonds. The quantitative estimate of drug-likeness (QED) is 0.493. The Labute approximate surface area is 212 Å². The fourth-order valence-corrected chi connectivity index (χ4v) is 5.10. The van der Waals surface area contributed by atoms with E-state index >= 15 is 0 Å². The first-order chi connectivity index (χ1) is 16.8. The number of esters is 2. The highest BCUT2D eigenvalue weighted by atomic mass is 16.5. The number of hydrogen-bond acceptors (Lipinski definition) is 7. The van der Waals surface area contributed by atoms with Crippen molar-refractivity contribution >= 4 is 23.5 Å². The molecule has 6 atom stereocenters. The van der Waals surface area contributed by atoms with Gasteiger partial charge in [0.2, 0.25) is 0 Å². The molecule has 1 saturated carbocycles. The third-order valence-corrected chi connectivity index (χ3v) is 7.34. The molecule has 36 heavy (non-hydrogen) atoms. The van der Waals surface area contributed by atoms with Gasteiger partial charge in [-0.25, -0.2) is 4.79 Å². The smallest absolute Gasteiger partial charge is 0.338 e. The van der Waals surface area contributed by atoms with Crippen LogP contribution in [0.2, 0.25) is 0 Å². The molecule has 1 fully saturated rings. The van der Waals surface area contributed by atoms with Gasteiger partial charge in [-0.05, 0) is 50.8 Å².